The second kappa shape index (κ2) is 8.16. The molecular formula is C21H22ClN7O. The number of H-pyrrole nitrogens is 1. The van der Waals surface area contributed by atoms with Crippen molar-refractivity contribution in [1.82, 2.24) is 29.1 Å². The van der Waals surface area contributed by atoms with Crippen molar-refractivity contribution in [3.63, 3.8) is 0 Å². The maximum absolute atomic E-state index is 12.3. The third-order valence-electron chi connectivity index (χ3n) is 4.76. The summed E-state index contributed by atoms with van der Waals surface area (Å²) >= 11 is 6.08. The van der Waals surface area contributed by atoms with Crippen LogP contribution in [0.1, 0.15) is 44.1 Å². The third kappa shape index (κ3) is 3.99. The number of rotatable bonds is 6. The first kappa shape index (κ1) is 19.9. The van der Waals surface area contributed by atoms with Crippen molar-refractivity contribution in [2.24, 2.45) is 0 Å². The summed E-state index contributed by atoms with van der Waals surface area (Å²) in [6, 6.07) is 9.13. The van der Waals surface area contributed by atoms with Crippen LogP contribution in [0.25, 0.3) is 11.5 Å². The van der Waals surface area contributed by atoms with Gasteiger partial charge in [0.2, 0.25) is 5.95 Å². The molecule has 0 saturated heterocycles. The van der Waals surface area contributed by atoms with E-state index in [4.69, 9.17) is 11.6 Å². The van der Waals surface area contributed by atoms with Crippen LogP contribution in [0.3, 0.4) is 0 Å². The summed E-state index contributed by atoms with van der Waals surface area (Å²) in [6.45, 7) is 6.03. The van der Waals surface area contributed by atoms with Crippen LogP contribution in [-0.4, -0.2) is 29.1 Å². The molecule has 0 aliphatic rings. The van der Waals surface area contributed by atoms with Crippen molar-refractivity contribution >= 4 is 17.5 Å². The SMILES string of the molecule is CC(C)c1c[nH]c(=O)n1-c1ccnc(N[C@@H](C)c2cn(-c3cccc(Cl)c3)cn2)n1. The predicted octanol–water partition coefficient (Wildman–Crippen LogP) is 4.09. The van der Waals surface area contributed by atoms with Crippen LogP contribution in [-0.2, 0) is 0 Å². The van der Waals surface area contributed by atoms with E-state index >= 15 is 0 Å². The standard InChI is InChI=1S/C21H22ClN7O/c1-13(2)18-10-24-21(30)29(18)19-7-8-23-20(27-19)26-14(3)17-11-28(12-25-17)16-6-4-5-15(22)9-16/h4-14H,1-3H3,(H,24,30)(H,23,26,27)/t14-/m0/s1. The fraction of sp³-hybridized carbons (Fsp3) is 0.238. The normalized spacial score (nSPS) is 12.3. The van der Waals surface area contributed by atoms with E-state index in [2.05, 4.69) is 25.3 Å². The molecule has 3 heterocycles. The molecule has 0 amide bonds. The number of hydrogen-bond donors (Lipinski definition) is 2. The monoisotopic (exact) mass is 423 g/mol. The van der Waals surface area contributed by atoms with E-state index in [0.29, 0.717) is 16.8 Å². The maximum atomic E-state index is 12.3. The molecule has 3 aromatic heterocycles. The number of aromatic amines is 1. The first-order valence-electron chi connectivity index (χ1n) is 9.62. The molecule has 0 aliphatic carbocycles. The molecule has 1 aromatic carbocycles. The molecule has 0 unspecified atom stereocenters. The average Bonchev–Trinajstić information content (AvgIpc) is 3.35. The summed E-state index contributed by atoms with van der Waals surface area (Å²) in [6.07, 6.45) is 7.02. The highest BCUT2D eigenvalue weighted by Gasteiger charge is 2.15. The van der Waals surface area contributed by atoms with Crippen LogP contribution in [0.2, 0.25) is 5.02 Å². The van der Waals surface area contributed by atoms with Gasteiger partial charge in [0.05, 0.1) is 18.1 Å². The topological polar surface area (TPSA) is 93.4 Å². The van der Waals surface area contributed by atoms with E-state index < -0.39 is 0 Å². The van der Waals surface area contributed by atoms with E-state index in [1.165, 1.54) is 0 Å². The molecule has 2 N–H and O–H groups in total. The molecule has 9 heteroatoms. The summed E-state index contributed by atoms with van der Waals surface area (Å²) < 4.78 is 3.47. The van der Waals surface area contributed by atoms with E-state index in [-0.39, 0.29) is 17.6 Å². The van der Waals surface area contributed by atoms with Gasteiger partial charge in [-0.2, -0.15) is 4.98 Å². The van der Waals surface area contributed by atoms with Gasteiger partial charge in [-0.15, -0.1) is 0 Å². The number of imidazole rings is 2. The number of hydrogen-bond acceptors (Lipinski definition) is 5. The molecule has 0 aliphatic heterocycles. The van der Waals surface area contributed by atoms with Crippen molar-refractivity contribution < 1.29 is 0 Å². The summed E-state index contributed by atoms with van der Waals surface area (Å²) in [7, 11) is 0. The predicted molar refractivity (Wildman–Crippen MR) is 117 cm³/mol. The lowest BCUT2D eigenvalue weighted by Crippen LogP contribution is -2.20. The second-order valence-corrected chi connectivity index (χ2v) is 7.74. The lowest BCUT2D eigenvalue weighted by molar-refractivity contribution is 0.760. The van der Waals surface area contributed by atoms with E-state index in [9.17, 15) is 4.79 Å². The first-order valence-corrected chi connectivity index (χ1v) is 10.0. The Balaban J connectivity index is 1.57. The molecular weight excluding hydrogens is 402 g/mol. The van der Waals surface area contributed by atoms with Gasteiger partial charge in [-0.05, 0) is 31.0 Å². The average molecular weight is 424 g/mol. The van der Waals surface area contributed by atoms with Gasteiger partial charge in [0.1, 0.15) is 5.82 Å². The molecule has 8 nitrogen and oxygen atoms in total. The number of nitrogens with zero attached hydrogens (tertiary/aromatic N) is 5. The summed E-state index contributed by atoms with van der Waals surface area (Å²) in [4.78, 5) is 28.3. The zero-order valence-corrected chi connectivity index (χ0v) is 17.6. The maximum Gasteiger partial charge on any atom is 0.331 e. The lowest BCUT2D eigenvalue weighted by Gasteiger charge is -2.13. The highest BCUT2D eigenvalue weighted by molar-refractivity contribution is 6.30. The summed E-state index contributed by atoms with van der Waals surface area (Å²) in [5.41, 5.74) is 2.39. The molecule has 154 valence electrons. The van der Waals surface area contributed by atoms with Gasteiger partial charge in [-0.3, -0.25) is 0 Å². The van der Waals surface area contributed by atoms with Gasteiger partial charge in [-0.1, -0.05) is 31.5 Å². The van der Waals surface area contributed by atoms with Crippen LogP contribution in [0.4, 0.5) is 5.95 Å². The number of benzene rings is 1. The molecule has 4 rings (SSSR count). The van der Waals surface area contributed by atoms with Crippen molar-refractivity contribution in [3.8, 4) is 11.5 Å². The number of anilines is 1. The molecule has 4 aromatic rings. The molecule has 1 atom stereocenters. The molecule has 0 saturated carbocycles. The smallest absolute Gasteiger partial charge is 0.331 e. The van der Waals surface area contributed by atoms with Gasteiger partial charge in [0, 0.05) is 41.1 Å². The Hall–Kier alpha value is -3.39. The molecule has 30 heavy (non-hydrogen) atoms. The fourth-order valence-electron chi connectivity index (χ4n) is 3.19. The van der Waals surface area contributed by atoms with Crippen molar-refractivity contribution in [2.45, 2.75) is 32.7 Å². The Kier molecular flexibility index (Phi) is 5.41. The van der Waals surface area contributed by atoms with Gasteiger partial charge < -0.3 is 14.9 Å². The van der Waals surface area contributed by atoms with Crippen molar-refractivity contribution in [2.75, 3.05) is 5.32 Å². The molecule has 0 radical (unpaired) electrons. The molecule has 0 spiro atoms. The van der Waals surface area contributed by atoms with Crippen molar-refractivity contribution in [1.29, 1.82) is 0 Å². The largest absolute Gasteiger partial charge is 0.346 e. The second-order valence-electron chi connectivity index (χ2n) is 7.30. The number of aromatic nitrogens is 6. The van der Waals surface area contributed by atoms with Gasteiger partial charge >= 0.3 is 5.69 Å². The zero-order valence-electron chi connectivity index (χ0n) is 16.9. The van der Waals surface area contributed by atoms with Crippen LogP contribution in [0, 0.1) is 0 Å². The number of nitrogens with one attached hydrogen (secondary N) is 2. The summed E-state index contributed by atoms with van der Waals surface area (Å²) in [5, 5.41) is 3.92. The van der Waals surface area contributed by atoms with Gasteiger partial charge in [0.25, 0.3) is 0 Å². The van der Waals surface area contributed by atoms with E-state index in [0.717, 1.165) is 17.1 Å². The van der Waals surface area contributed by atoms with Crippen LogP contribution < -0.4 is 11.0 Å². The van der Waals surface area contributed by atoms with Crippen molar-refractivity contribution in [3.05, 3.63) is 82.1 Å². The highest BCUT2D eigenvalue weighted by Crippen LogP contribution is 2.20. The summed E-state index contributed by atoms with van der Waals surface area (Å²) in [5.74, 6) is 1.10. The van der Waals surface area contributed by atoms with Gasteiger partial charge in [-0.25, -0.2) is 19.3 Å². The van der Waals surface area contributed by atoms with Crippen LogP contribution in [0.5, 0.6) is 0 Å². The first-order chi connectivity index (χ1) is 14.4. The van der Waals surface area contributed by atoms with E-state index in [1.807, 2.05) is 55.8 Å². The third-order valence-corrected chi connectivity index (χ3v) is 5.00. The van der Waals surface area contributed by atoms with Crippen LogP contribution in [0.15, 0.2) is 60.0 Å². The Morgan fingerprint density at radius 1 is 1.17 bits per heavy atom. The Morgan fingerprint density at radius 3 is 2.77 bits per heavy atom. The minimum absolute atomic E-state index is 0.145. The zero-order chi connectivity index (χ0) is 21.3. The van der Waals surface area contributed by atoms with Crippen LogP contribution >= 0.6 is 11.6 Å². The molecule has 0 bridgehead atoms. The Labute approximate surface area is 178 Å². The molecule has 0 fully saturated rings. The quantitative estimate of drug-likeness (QED) is 0.487. The Bertz CT molecular complexity index is 1220. The minimum atomic E-state index is -0.225. The minimum Gasteiger partial charge on any atom is -0.346 e. The lowest BCUT2D eigenvalue weighted by atomic mass is 10.1. The Morgan fingerprint density at radius 2 is 2.00 bits per heavy atom. The number of halogens is 1. The van der Waals surface area contributed by atoms with E-state index in [1.54, 1.807) is 29.4 Å². The highest BCUT2D eigenvalue weighted by atomic mass is 35.5. The van der Waals surface area contributed by atoms with Gasteiger partial charge in [0.15, 0.2) is 0 Å². The fourth-order valence-corrected chi connectivity index (χ4v) is 3.38.